The van der Waals surface area contributed by atoms with E-state index in [0.29, 0.717) is 6.23 Å². The minimum Gasteiger partial charge on any atom is -0.418 e. The third-order valence-electron chi connectivity index (χ3n) is 27.0. The summed E-state index contributed by atoms with van der Waals surface area (Å²) in [4.78, 5) is 24.0. The van der Waals surface area contributed by atoms with Crippen LogP contribution in [0, 0.1) is 119 Å². The number of hydrogen-bond acceptors (Lipinski definition) is 10. The Labute approximate surface area is 903 Å². The van der Waals surface area contributed by atoms with Crippen molar-refractivity contribution >= 4 is 69.8 Å². The molecule has 0 radical (unpaired) electrons. The van der Waals surface area contributed by atoms with Gasteiger partial charge in [0.15, 0.2) is 16.6 Å². The summed E-state index contributed by atoms with van der Waals surface area (Å²) in [6.07, 6.45) is 84.5. The van der Waals surface area contributed by atoms with Crippen molar-refractivity contribution in [3.05, 3.63) is 114 Å². The Morgan fingerprint density at radius 1 is 0.321 bits per heavy atom. The molecule has 3 N–H and O–H groups in total. The van der Waals surface area contributed by atoms with Gasteiger partial charge in [0.25, 0.3) is 0 Å². The zero-order valence-corrected chi connectivity index (χ0v) is 106. The number of aliphatic hydroxyl groups excluding tert-OH is 3. The molecule has 0 aromatic rings. The van der Waals surface area contributed by atoms with Gasteiger partial charge in [0.05, 0.1) is 20.5 Å². The third-order valence-corrected chi connectivity index (χ3v) is 45.2. The van der Waals surface area contributed by atoms with E-state index in [-0.39, 0.29) is 211 Å². The fraction of sp³-hybridized carbons (Fsp3) is 0.826. The molecule has 4 unspecified atom stereocenters. The quantitative estimate of drug-likeness (QED) is 0.0393. The predicted octanol–water partition coefficient (Wildman–Crippen LogP) is 36.5. The molecule has 11 aliphatic carbocycles. The van der Waals surface area contributed by atoms with E-state index in [4.69, 9.17) is 37.2 Å². The monoisotopic (exact) mass is 2220 g/mol. The zero-order chi connectivity index (χ0) is 85.1. The van der Waals surface area contributed by atoms with Gasteiger partial charge in [-0.25, -0.2) is 0 Å². The maximum atomic E-state index is 9.29. The molecule has 11 rings (SSSR count). The van der Waals surface area contributed by atoms with Gasteiger partial charge in [0, 0.05) is 41.7 Å². The first-order chi connectivity index (χ1) is 53.6. The van der Waals surface area contributed by atoms with E-state index in [2.05, 4.69) is 106 Å². The van der Waals surface area contributed by atoms with Crippen LogP contribution in [0.5, 0.6) is 0 Å². The smallest absolute Gasteiger partial charge is 0.418 e. The molecule has 4 atom stereocenters. The summed E-state index contributed by atoms with van der Waals surface area (Å²) >= 11 is 0. The Bertz CT molecular complexity index is 1860. The van der Waals surface area contributed by atoms with Crippen LogP contribution in [0.2, 0.25) is 107 Å². The van der Waals surface area contributed by atoms with Crippen LogP contribution in [0.25, 0.3) is 0 Å². The summed E-state index contributed by atoms with van der Waals surface area (Å²) < 4.78 is 22.4. The van der Waals surface area contributed by atoms with Crippen molar-refractivity contribution in [3.8, 4) is 0 Å². The average molecular weight is 2220 g/mol. The van der Waals surface area contributed by atoms with E-state index >= 15 is 0 Å². The Morgan fingerprint density at radius 2 is 0.534 bits per heavy atom. The first-order valence-corrected chi connectivity index (χ1v) is 66.8. The van der Waals surface area contributed by atoms with Crippen LogP contribution in [0.1, 0.15) is 395 Å². The Balaban J connectivity index is -0.0000000461. The summed E-state index contributed by atoms with van der Waals surface area (Å²) in [6, 6.07) is 4.83. The van der Waals surface area contributed by atoms with Crippen LogP contribution in [-0.4, -0.2) is 131 Å². The van der Waals surface area contributed by atoms with Crippen molar-refractivity contribution in [2.45, 2.75) is 502 Å². The second-order valence-corrected chi connectivity index (χ2v) is 66.6. The molecule has 0 saturated heterocycles. The van der Waals surface area contributed by atoms with Gasteiger partial charge >= 0.3 is 102 Å². The molecule has 10 nitrogen and oxygen atoms in total. The largest absolute Gasteiger partial charge is 2.00 e. The molecule has 11 fully saturated rings. The van der Waals surface area contributed by atoms with Crippen molar-refractivity contribution in [1.29, 1.82) is 0 Å². The number of carbonyl (C=O) groups excluding carboxylic acids is 3. The van der Waals surface area contributed by atoms with E-state index < -0.39 is 49.4 Å². The summed E-state index contributed by atoms with van der Waals surface area (Å²) in [5.41, 5.74) is 2.92. The second kappa shape index (κ2) is 131. The molecular weight excluding hydrogens is 1970 g/mol. The van der Waals surface area contributed by atoms with Crippen molar-refractivity contribution in [2.75, 3.05) is 46.1 Å². The number of aliphatic hydroxyl groups is 3. The topological polar surface area (TPSA) is 149 Å². The van der Waals surface area contributed by atoms with Crippen LogP contribution in [-0.2, 0) is 134 Å². The maximum absolute atomic E-state index is 9.29. The minimum atomic E-state index is -1.80. The zero-order valence-electron chi connectivity index (χ0n) is 92.9. The van der Waals surface area contributed by atoms with Crippen LogP contribution < -0.4 is 0 Å². The van der Waals surface area contributed by atoms with Gasteiger partial charge in [-0.2, -0.15) is 0 Å². The van der Waals surface area contributed by atoms with Crippen molar-refractivity contribution < 1.29 is 150 Å². The second-order valence-electron chi connectivity index (χ2n) is 38.9. The van der Waals surface area contributed by atoms with Gasteiger partial charge in [-0.15, -0.1) is 0 Å². The van der Waals surface area contributed by atoms with Crippen molar-refractivity contribution in [2.24, 2.45) is 29.6 Å². The summed E-state index contributed by atoms with van der Waals surface area (Å²) in [5, 5.41) is 27.6. The molecule has 11 aliphatic rings. The van der Waals surface area contributed by atoms with E-state index in [1.54, 1.807) is 20.3 Å². The molecule has 0 heterocycles. The first kappa shape index (κ1) is 192. The summed E-state index contributed by atoms with van der Waals surface area (Å²) in [6.45, 7) is 50.1. The summed E-state index contributed by atoms with van der Waals surface area (Å²) in [5.74, 6) is 5.03. The molecule has 22 heteroatoms. The van der Waals surface area contributed by atoms with Crippen molar-refractivity contribution in [1.82, 2.24) is 0 Å². The molecule has 0 aromatic heterocycles. The number of rotatable bonds is 28. The van der Waals surface area contributed by atoms with Gasteiger partial charge in [0.2, 0.25) is 16.6 Å². The number of hydrogen-bond donors (Lipinski definition) is 3. The van der Waals surface area contributed by atoms with Crippen LogP contribution >= 0.6 is 0 Å². The maximum Gasteiger partial charge on any atom is 2.00 e. The Kier molecular flexibility index (Phi) is 192. The molecule has 810 valence electrons. The number of allylic oxidation sites excluding steroid dienone is 2. The molecular formula is C109H242Fe6O10Si6. The number of carbonyl (C=O) groups is 3. The average Bonchev–Trinajstić information content (AvgIpc) is 1.69. The van der Waals surface area contributed by atoms with Gasteiger partial charge in [0.1, 0.15) is 20.4 Å². The van der Waals surface area contributed by atoms with Crippen LogP contribution in [0.4, 0.5) is 0 Å². The van der Waals surface area contributed by atoms with Gasteiger partial charge < -0.3 is 137 Å². The fourth-order valence-corrected chi connectivity index (χ4v) is 28.3. The third kappa shape index (κ3) is 118. The predicted molar refractivity (Wildman–Crippen MR) is 596 cm³/mol. The van der Waals surface area contributed by atoms with E-state index in [9.17, 15) is 10.2 Å². The molecule has 0 aliphatic heterocycles. The van der Waals surface area contributed by atoms with Gasteiger partial charge in [-0.3, -0.25) is 0 Å². The molecule has 0 bridgehead atoms. The standard InChI is InChI=1S/C12H26OSi.C11H24OSi.C10H22O2Si.C10H20O2Si.C10H22OSi.C10H22Si.6C5H10.3CH2O.CH4.12CH3.6Fe/c1-4-13-14(2,3)11-7-10-12-8-5-6-9-12;1-4-12-13(2,3)10-9-11-7-5-6-8-11;1-12-13(2,9-11)8-7-10-5-3-4-6-10;1-5-10(2)7-6-8-13(4,9-11)12-3;1-9(12(2,3)8-11)10-6-4-5-7-10;1-9(11(2,3)4)10-7-5-6-8-10;6*1-2-4-5-3-1;3*1-2;;;;;;;;;;;;;;;;;;;/h12H,4-11H2,1-3H3;11H,4-10H2,1-3H3;10-11H,3-9H2,1-2H3;5,11H,1-2,6-9H2,3-4H3;9-11H,4-8H2,1-3H3;9-10H,5-8H2,1-4H3;6*1-5H2;3*1H2;1H4;12*1H3;;;;;;/q;;;;;;;;;;;;;;;;12*-1;6*+2. The molecule has 0 amide bonds. The Hall–Kier alpha value is 2.63. The minimum absolute atomic E-state index is 0. The van der Waals surface area contributed by atoms with Crippen LogP contribution in [0.15, 0.2) is 24.8 Å². The fourth-order valence-electron chi connectivity index (χ4n) is 17.7. The van der Waals surface area contributed by atoms with E-state index in [1.165, 1.54) is 359 Å². The Morgan fingerprint density at radius 3 is 0.748 bits per heavy atom. The van der Waals surface area contributed by atoms with Crippen LogP contribution in [0.3, 0.4) is 0 Å². The molecule has 0 aromatic carbocycles. The summed E-state index contributed by atoms with van der Waals surface area (Å²) in [7, 11) is -4.74. The molecule has 0 spiro atoms. The SMILES string of the molecule is C.C1CCCC1.C1CCCC1.C1CCCC1.C1CCCC1.C1CCCC1.C1CCCC1.C=CC(=C)CCC[Si](C)(CO)OC.C=O.C=O.C=O.CC(C1CCCC1)[Si](C)(C)C.CC(C1CCCC1)[Si](C)(C)CO.CCO[Si](C)(C)CCC1CCCC1.CCO[Si](C)(C)CCCC1CCCC1.CO[Si](C)(CO)CCC1CCCC1.[CH3-].[CH3-].[CH3-].[CH3-].[CH3-].[CH3-].[CH3-].[CH3-].[CH3-].[CH3-].[CH3-].[CH3-].[Fe+2].[Fe+2].[Fe+2].[Fe+2].[Fe+2].[Fe+2]. The molecule has 131 heavy (non-hydrogen) atoms. The first-order valence-electron chi connectivity index (χ1n) is 48.0. The van der Waals surface area contributed by atoms with E-state index in [0.717, 1.165) is 84.4 Å². The van der Waals surface area contributed by atoms with Gasteiger partial charge in [-0.1, -0.05) is 426 Å². The van der Waals surface area contributed by atoms with Crippen molar-refractivity contribution in [3.63, 3.8) is 0 Å². The van der Waals surface area contributed by atoms with E-state index in [1.807, 2.05) is 26.9 Å². The normalized spacial score (nSPS) is 17.5. The van der Waals surface area contributed by atoms with Gasteiger partial charge in [-0.05, 0) is 131 Å². The molecule has 11 saturated carbocycles.